The van der Waals surface area contributed by atoms with Crippen molar-refractivity contribution in [1.82, 2.24) is 20.0 Å². The monoisotopic (exact) mass is 306 g/mol. The summed E-state index contributed by atoms with van der Waals surface area (Å²) in [5.41, 5.74) is 1.08. The highest BCUT2D eigenvalue weighted by Gasteiger charge is 2.22. The van der Waals surface area contributed by atoms with Crippen molar-refractivity contribution >= 4 is 11.8 Å². The smallest absolute Gasteiger partial charge is 0.224 e. The highest BCUT2D eigenvalue weighted by Crippen LogP contribution is 2.16. The van der Waals surface area contributed by atoms with Gasteiger partial charge in [-0.15, -0.1) is 0 Å². The zero-order valence-electron chi connectivity index (χ0n) is 13.5. The number of aryl methyl sites for hydroxylation is 2. The molecule has 6 heteroatoms. The Bertz CT molecular complexity index is 512. The van der Waals surface area contributed by atoms with Crippen molar-refractivity contribution in [2.45, 2.75) is 58.5 Å². The summed E-state index contributed by atoms with van der Waals surface area (Å²) in [5, 5.41) is 6.96. The molecule has 2 heterocycles. The van der Waals surface area contributed by atoms with Gasteiger partial charge in [0.2, 0.25) is 11.8 Å². The molecule has 2 rings (SSSR count). The molecule has 22 heavy (non-hydrogen) atoms. The lowest BCUT2D eigenvalue weighted by Crippen LogP contribution is -2.43. The van der Waals surface area contributed by atoms with E-state index in [9.17, 15) is 9.59 Å². The van der Waals surface area contributed by atoms with E-state index in [-0.39, 0.29) is 11.8 Å². The molecule has 0 bridgehead atoms. The van der Waals surface area contributed by atoms with Crippen LogP contribution in [0.4, 0.5) is 0 Å². The summed E-state index contributed by atoms with van der Waals surface area (Å²) < 4.78 is 1.76. The van der Waals surface area contributed by atoms with Gasteiger partial charge in [-0.25, -0.2) is 0 Å². The summed E-state index contributed by atoms with van der Waals surface area (Å²) in [5.74, 6) is 0.114. The molecule has 0 radical (unpaired) electrons. The molecule has 1 atom stereocenters. The average Bonchev–Trinajstić information content (AvgIpc) is 2.91. The van der Waals surface area contributed by atoms with E-state index >= 15 is 0 Å². The van der Waals surface area contributed by atoms with Crippen LogP contribution in [0.2, 0.25) is 0 Å². The zero-order valence-corrected chi connectivity index (χ0v) is 13.5. The lowest BCUT2D eigenvalue weighted by atomic mass is 10.0. The summed E-state index contributed by atoms with van der Waals surface area (Å²) in [7, 11) is 0. The highest BCUT2D eigenvalue weighted by atomic mass is 16.2. The number of carbonyl (C=O) groups excluding carboxylic acids is 2. The molecular formula is C16H26N4O2. The molecule has 0 saturated carbocycles. The molecule has 2 amide bonds. The summed E-state index contributed by atoms with van der Waals surface area (Å²) in [4.78, 5) is 25.8. The SMILES string of the molecule is Cc1cnn(CCC(=O)NCCC(=O)N2CCCCC2C)c1. The fraction of sp³-hybridized carbons (Fsp3) is 0.688. The third kappa shape index (κ3) is 4.86. The first kappa shape index (κ1) is 16.5. The Morgan fingerprint density at radius 1 is 1.36 bits per heavy atom. The van der Waals surface area contributed by atoms with Crippen molar-refractivity contribution in [2.75, 3.05) is 13.1 Å². The second kappa shape index (κ2) is 7.96. The second-order valence-electron chi connectivity index (χ2n) is 6.06. The molecule has 1 saturated heterocycles. The number of carbonyl (C=O) groups is 2. The Labute approximate surface area is 131 Å². The molecule has 1 unspecified atom stereocenters. The molecule has 1 aromatic heterocycles. The van der Waals surface area contributed by atoms with Gasteiger partial charge >= 0.3 is 0 Å². The number of aromatic nitrogens is 2. The van der Waals surface area contributed by atoms with Crippen LogP contribution in [-0.4, -0.2) is 45.6 Å². The molecule has 1 N–H and O–H groups in total. The largest absolute Gasteiger partial charge is 0.356 e. The van der Waals surface area contributed by atoms with Gasteiger partial charge in [0.25, 0.3) is 0 Å². The number of hydrogen-bond donors (Lipinski definition) is 1. The number of rotatable bonds is 6. The Morgan fingerprint density at radius 2 is 2.18 bits per heavy atom. The summed E-state index contributed by atoms with van der Waals surface area (Å²) in [6.45, 7) is 5.90. The number of piperidine rings is 1. The van der Waals surface area contributed by atoms with Gasteiger partial charge in [0, 0.05) is 44.7 Å². The predicted octanol–water partition coefficient (Wildman–Crippen LogP) is 1.49. The molecule has 0 spiro atoms. The Morgan fingerprint density at radius 3 is 2.86 bits per heavy atom. The Hall–Kier alpha value is -1.85. The number of likely N-dealkylation sites (tertiary alicyclic amines) is 1. The van der Waals surface area contributed by atoms with Gasteiger partial charge < -0.3 is 10.2 Å². The van der Waals surface area contributed by atoms with Crippen LogP contribution in [0.3, 0.4) is 0 Å². The minimum Gasteiger partial charge on any atom is -0.356 e. The first-order valence-corrected chi connectivity index (χ1v) is 8.11. The van der Waals surface area contributed by atoms with Crippen molar-refractivity contribution in [3.8, 4) is 0 Å². The van der Waals surface area contributed by atoms with E-state index in [0.29, 0.717) is 32.0 Å². The van der Waals surface area contributed by atoms with E-state index in [2.05, 4.69) is 17.3 Å². The molecule has 1 aliphatic heterocycles. The first-order valence-electron chi connectivity index (χ1n) is 8.11. The van der Waals surface area contributed by atoms with Crippen LogP contribution in [0.5, 0.6) is 0 Å². The van der Waals surface area contributed by atoms with Crippen LogP contribution in [0, 0.1) is 6.92 Å². The maximum Gasteiger partial charge on any atom is 0.224 e. The van der Waals surface area contributed by atoms with Crippen LogP contribution in [0.15, 0.2) is 12.4 Å². The maximum atomic E-state index is 12.1. The predicted molar refractivity (Wildman–Crippen MR) is 84.2 cm³/mol. The normalized spacial score (nSPS) is 18.3. The summed E-state index contributed by atoms with van der Waals surface area (Å²) >= 11 is 0. The van der Waals surface area contributed by atoms with Crippen LogP contribution in [0.25, 0.3) is 0 Å². The third-order valence-electron chi connectivity index (χ3n) is 4.11. The first-order chi connectivity index (χ1) is 10.6. The fourth-order valence-corrected chi connectivity index (χ4v) is 2.81. The number of hydrogen-bond acceptors (Lipinski definition) is 3. The Kier molecular flexibility index (Phi) is 5.98. The van der Waals surface area contributed by atoms with Crippen molar-refractivity contribution < 1.29 is 9.59 Å². The molecule has 0 aliphatic carbocycles. The quantitative estimate of drug-likeness (QED) is 0.866. The zero-order chi connectivity index (χ0) is 15.9. The van der Waals surface area contributed by atoms with Crippen LogP contribution >= 0.6 is 0 Å². The molecule has 122 valence electrons. The van der Waals surface area contributed by atoms with Crippen molar-refractivity contribution in [2.24, 2.45) is 0 Å². The van der Waals surface area contributed by atoms with E-state index in [1.165, 1.54) is 6.42 Å². The Balaban J connectivity index is 1.63. The molecule has 1 aliphatic rings. The summed E-state index contributed by atoms with van der Waals surface area (Å²) in [6.07, 6.45) is 7.83. The van der Waals surface area contributed by atoms with Crippen LogP contribution in [0.1, 0.15) is 44.6 Å². The number of nitrogens with one attached hydrogen (secondary N) is 1. The second-order valence-corrected chi connectivity index (χ2v) is 6.06. The van der Waals surface area contributed by atoms with E-state index in [1.807, 2.05) is 18.0 Å². The third-order valence-corrected chi connectivity index (χ3v) is 4.11. The average molecular weight is 306 g/mol. The molecule has 6 nitrogen and oxygen atoms in total. The van der Waals surface area contributed by atoms with Crippen molar-refractivity contribution in [3.63, 3.8) is 0 Å². The summed E-state index contributed by atoms with van der Waals surface area (Å²) in [6, 6.07) is 0.333. The molecule has 1 fully saturated rings. The van der Waals surface area contributed by atoms with Gasteiger partial charge in [-0.2, -0.15) is 5.10 Å². The fourth-order valence-electron chi connectivity index (χ4n) is 2.81. The maximum absolute atomic E-state index is 12.1. The minimum atomic E-state index is -0.0346. The number of nitrogens with zero attached hydrogens (tertiary/aromatic N) is 3. The van der Waals surface area contributed by atoms with Crippen LogP contribution in [-0.2, 0) is 16.1 Å². The van der Waals surface area contributed by atoms with Crippen molar-refractivity contribution in [3.05, 3.63) is 18.0 Å². The standard InChI is InChI=1S/C16H26N4O2/c1-13-11-18-19(12-13)10-7-15(21)17-8-6-16(22)20-9-4-3-5-14(20)2/h11-12,14H,3-10H2,1-2H3,(H,17,21). The topological polar surface area (TPSA) is 67.2 Å². The molecule has 1 aromatic rings. The molecular weight excluding hydrogens is 280 g/mol. The van der Waals surface area contributed by atoms with E-state index in [0.717, 1.165) is 24.9 Å². The lowest BCUT2D eigenvalue weighted by molar-refractivity contribution is -0.134. The van der Waals surface area contributed by atoms with Gasteiger partial charge in [0.05, 0.1) is 6.20 Å². The van der Waals surface area contributed by atoms with Gasteiger partial charge in [-0.05, 0) is 38.7 Å². The lowest BCUT2D eigenvalue weighted by Gasteiger charge is -2.33. The van der Waals surface area contributed by atoms with E-state index < -0.39 is 0 Å². The van der Waals surface area contributed by atoms with Gasteiger partial charge in [0.15, 0.2) is 0 Å². The number of amides is 2. The highest BCUT2D eigenvalue weighted by molar-refractivity contribution is 5.79. The van der Waals surface area contributed by atoms with Crippen molar-refractivity contribution in [1.29, 1.82) is 0 Å². The van der Waals surface area contributed by atoms with E-state index in [4.69, 9.17) is 0 Å². The van der Waals surface area contributed by atoms with Crippen LogP contribution < -0.4 is 5.32 Å². The van der Waals surface area contributed by atoms with Gasteiger partial charge in [-0.1, -0.05) is 0 Å². The van der Waals surface area contributed by atoms with Gasteiger partial charge in [-0.3, -0.25) is 14.3 Å². The molecule has 0 aromatic carbocycles. The van der Waals surface area contributed by atoms with E-state index in [1.54, 1.807) is 10.9 Å². The van der Waals surface area contributed by atoms with Gasteiger partial charge in [0.1, 0.15) is 0 Å². The minimum absolute atomic E-state index is 0.0346.